The summed E-state index contributed by atoms with van der Waals surface area (Å²) in [4.78, 5) is 18.6. The SMILES string of the molecule is Cl.NCCc1ccc(F)c(C(=O)N2CCc3oc(-c4cc(F)cc(F)c4)nc3C2)c1. The molecule has 2 N–H and O–H groups in total. The van der Waals surface area contributed by atoms with Gasteiger partial charge in [-0.3, -0.25) is 4.79 Å². The summed E-state index contributed by atoms with van der Waals surface area (Å²) in [5.74, 6) is -1.89. The fourth-order valence-electron chi connectivity index (χ4n) is 3.40. The highest BCUT2D eigenvalue weighted by Gasteiger charge is 2.28. The molecule has 2 aromatic carbocycles. The molecule has 9 heteroatoms. The second-order valence-corrected chi connectivity index (χ2v) is 6.88. The molecule has 1 amide bonds. The molecular formula is C21H19ClF3N3O2. The molecule has 3 aromatic rings. The van der Waals surface area contributed by atoms with Gasteiger partial charge in [-0.15, -0.1) is 12.4 Å². The minimum absolute atomic E-state index is 0. The highest BCUT2D eigenvalue weighted by molar-refractivity contribution is 5.94. The maximum Gasteiger partial charge on any atom is 0.257 e. The highest BCUT2D eigenvalue weighted by Crippen LogP contribution is 2.28. The zero-order valence-electron chi connectivity index (χ0n) is 15.8. The van der Waals surface area contributed by atoms with Crippen molar-refractivity contribution in [1.82, 2.24) is 9.88 Å². The van der Waals surface area contributed by atoms with Crippen molar-refractivity contribution in [3.05, 3.63) is 76.4 Å². The van der Waals surface area contributed by atoms with E-state index in [0.717, 1.165) is 23.8 Å². The van der Waals surface area contributed by atoms with E-state index in [4.69, 9.17) is 10.2 Å². The van der Waals surface area contributed by atoms with Gasteiger partial charge in [-0.2, -0.15) is 0 Å². The molecule has 2 heterocycles. The van der Waals surface area contributed by atoms with E-state index in [2.05, 4.69) is 4.98 Å². The summed E-state index contributed by atoms with van der Waals surface area (Å²) in [6.07, 6.45) is 0.914. The summed E-state index contributed by atoms with van der Waals surface area (Å²) in [7, 11) is 0. The Labute approximate surface area is 177 Å². The molecule has 1 aromatic heterocycles. The van der Waals surface area contributed by atoms with Crippen LogP contribution < -0.4 is 5.73 Å². The van der Waals surface area contributed by atoms with Crippen molar-refractivity contribution in [1.29, 1.82) is 0 Å². The predicted octanol–water partition coefficient (Wildman–Crippen LogP) is 3.88. The number of nitrogens with two attached hydrogens (primary N) is 1. The first-order valence-electron chi connectivity index (χ1n) is 9.17. The van der Waals surface area contributed by atoms with Gasteiger partial charge in [0.2, 0.25) is 5.89 Å². The van der Waals surface area contributed by atoms with Gasteiger partial charge in [0.15, 0.2) is 0 Å². The molecule has 5 nitrogen and oxygen atoms in total. The first-order valence-corrected chi connectivity index (χ1v) is 9.17. The van der Waals surface area contributed by atoms with Crippen LogP contribution in [-0.4, -0.2) is 28.9 Å². The Morgan fingerprint density at radius 2 is 1.87 bits per heavy atom. The molecule has 1 aliphatic rings. The first-order chi connectivity index (χ1) is 13.9. The highest BCUT2D eigenvalue weighted by atomic mass is 35.5. The minimum Gasteiger partial charge on any atom is -0.441 e. The van der Waals surface area contributed by atoms with E-state index in [0.29, 0.717) is 37.4 Å². The topological polar surface area (TPSA) is 72.4 Å². The van der Waals surface area contributed by atoms with Gasteiger partial charge in [0.1, 0.15) is 28.9 Å². The number of halogens is 4. The monoisotopic (exact) mass is 437 g/mol. The van der Waals surface area contributed by atoms with E-state index in [-0.39, 0.29) is 36.0 Å². The molecule has 158 valence electrons. The third kappa shape index (κ3) is 4.34. The number of amides is 1. The lowest BCUT2D eigenvalue weighted by atomic mass is 10.1. The molecule has 1 aliphatic heterocycles. The summed E-state index contributed by atoms with van der Waals surface area (Å²) in [6, 6.07) is 7.41. The summed E-state index contributed by atoms with van der Waals surface area (Å²) < 4.78 is 46.8. The van der Waals surface area contributed by atoms with Gasteiger partial charge >= 0.3 is 0 Å². The van der Waals surface area contributed by atoms with Crippen LogP contribution in [0.25, 0.3) is 11.5 Å². The van der Waals surface area contributed by atoms with Crippen molar-refractivity contribution in [2.45, 2.75) is 19.4 Å². The van der Waals surface area contributed by atoms with Crippen molar-refractivity contribution in [3.8, 4) is 11.5 Å². The number of hydrogen-bond donors (Lipinski definition) is 1. The van der Waals surface area contributed by atoms with Crippen LogP contribution in [0.5, 0.6) is 0 Å². The minimum atomic E-state index is -0.735. The Balaban J connectivity index is 0.00000256. The Kier molecular flexibility index (Phi) is 6.48. The predicted molar refractivity (Wildman–Crippen MR) is 107 cm³/mol. The lowest BCUT2D eigenvalue weighted by molar-refractivity contribution is 0.0723. The van der Waals surface area contributed by atoms with Crippen LogP contribution >= 0.6 is 12.4 Å². The summed E-state index contributed by atoms with van der Waals surface area (Å²) in [5.41, 5.74) is 6.97. The Bertz CT molecular complexity index is 1070. The lowest BCUT2D eigenvalue weighted by Crippen LogP contribution is -2.36. The quantitative estimate of drug-likeness (QED) is 0.672. The van der Waals surface area contributed by atoms with Gasteiger partial charge in [0.05, 0.1) is 12.1 Å². The summed E-state index contributed by atoms with van der Waals surface area (Å²) >= 11 is 0. The second-order valence-electron chi connectivity index (χ2n) is 6.88. The van der Waals surface area contributed by atoms with Crippen molar-refractivity contribution in [3.63, 3.8) is 0 Å². The van der Waals surface area contributed by atoms with Crippen LogP contribution in [0.15, 0.2) is 40.8 Å². The van der Waals surface area contributed by atoms with Gasteiger partial charge in [-0.05, 0) is 42.8 Å². The number of benzene rings is 2. The number of oxazole rings is 1. The number of hydrogen-bond acceptors (Lipinski definition) is 4. The molecule has 0 radical (unpaired) electrons. The molecule has 0 aliphatic carbocycles. The largest absolute Gasteiger partial charge is 0.441 e. The number of nitrogens with zero attached hydrogens (tertiary/aromatic N) is 2. The number of rotatable bonds is 4. The molecule has 0 saturated carbocycles. The van der Waals surface area contributed by atoms with E-state index < -0.39 is 23.4 Å². The smallest absolute Gasteiger partial charge is 0.257 e. The van der Waals surface area contributed by atoms with E-state index >= 15 is 0 Å². The summed E-state index contributed by atoms with van der Waals surface area (Å²) in [6.45, 7) is 0.837. The molecule has 0 bridgehead atoms. The zero-order valence-corrected chi connectivity index (χ0v) is 16.6. The third-order valence-corrected chi connectivity index (χ3v) is 4.82. The van der Waals surface area contributed by atoms with Gasteiger partial charge in [-0.25, -0.2) is 18.2 Å². The number of carbonyl (C=O) groups excluding carboxylic acids is 1. The molecule has 4 rings (SSSR count). The van der Waals surface area contributed by atoms with Crippen molar-refractivity contribution in [2.75, 3.05) is 13.1 Å². The van der Waals surface area contributed by atoms with Crippen LogP contribution in [0.2, 0.25) is 0 Å². The Hall–Kier alpha value is -2.84. The number of aromatic nitrogens is 1. The first kappa shape index (κ1) is 21.9. The number of fused-ring (bicyclic) bond motifs is 1. The fraction of sp³-hybridized carbons (Fsp3) is 0.238. The Morgan fingerprint density at radius 3 is 2.57 bits per heavy atom. The lowest BCUT2D eigenvalue weighted by Gasteiger charge is -2.25. The molecule has 0 fully saturated rings. The average molecular weight is 438 g/mol. The zero-order chi connectivity index (χ0) is 20.5. The second kappa shape index (κ2) is 8.89. The maximum atomic E-state index is 14.2. The van der Waals surface area contributed by atoms with Gasteiger partial charge in [0.25, 0.3) is 5.91 Å². The van der Waals surface area contributed by atoms with E-state index in [9.17, 15) is 18.0 Å². The van der Waals surface area contributed by atoms with Gasteiger partial charge in [0, 0.05) is 24.6 Å². The Morgan fingerprint density at radius 1 is 1.13 bits per heavy atom. The van der Waals surface area contributed by atoms with Crippen LogP contribution in [-0.2, 0) is 19.4 Å². The molecule has 30 heavy (non-hydrogen) atoms. The number of carbonyl (C=O) groups is 1. The standard InChI is InChI=1S/C21H18F3N3O2.ClH/c22-14-8-13(9-15(23)10-14)20-26-18-11-27(6-4-19(18)29-20)21(28)16-7-12(3-5-25)1-2-17(16)24;/h1-2,7-10H,3-6,11,25H2;1H. The molecule has 0 spiro atoms. The van der Waals surface area contributed by atoms with Crippen molar-refractivity contribution in [2.24, 2.45) is 5.73 Å². The fourth-order valence-corrected chi connectivity index (χ4v) is 3.40. The van der Waals surface area contributed by atoms with E-state index in [1.807, 2.05) is 0 Å². The third-order valence-electron chi connectivity index (χ3n) is 4.82. The summed E-state index contributed by atoms with van der Waals surface area (Å²) in [5, 5.41) is 0. The van der Waals surface area contributed by atoms with Gasteiger partial charge < -0.3 is 15.1 Å². The van der Waals surface area contributed by atoms with Crippen LogP contribution in [0, 0.1) is 17.5 Å². The molecular weight excluding hydrogens is 419 g/mol. The maximum absolute atomic E-state index is 14.2. The molecule has 0 atom stereocenters. The van der Waals surface area contributed by atoms with Crippen molar-refractivity contribution < 1.29 is 22.4 Å². The van der Waals surface area contributed by atoms with E-state index in [1.165, 1.54) is 17.0 Å². The van der Waals surface area contributed by atoms with Gasteiger partial charge in [-0.1, -0.05) is 6.07 Å². The average Bonchev–Trinajstić information content (AvgIpc) is 3.12. The van der Waals surface area contributed by atoms with E-state index in [1.54, 1.807) is 6.07 Å². The molecule has 0 saturated heterocycles. The van der Waals surface area contributed by atoms with Crippen molar-refractivity contribution >= 4 is 18.3 Å². The van der Waals surface area contributed by atoms with Crippen LogP contribution in [0.4, 0.5) is 13.2 Å². The normalized spacial score (nSPS) is 13.0. The molecule has 0 unspecified atom stereocenters. The van der Waals surface area contributed by atoms with Crippen LogP contribution in [0.1, 0.15) is 27.4 Å². The van der Waals surface area contributed by atoms with Crippen LogP contribution in [0.3, 0.4) is 0 Å².